The van der Waals surface area contributed by atoms with Crippen LogP contribution in [0.3, 0.4) is 0 Å². The van der Waals surface area contributed by atoms with Crippen LogP contribution in [0.5, 0.6) is 5.75 Å². The molecule has 0 amide bonds. The summed E-state index contributed by atoms with van der Waals surface area (Å²) in [5, 5.41) is 49.4. The second-order valence-electron chi connectivity index (χ2n) is 11.6. The maximum Gasteiger partial charge on any atom is 0.397 e. The molecule has 0 saturated carbocycles. The number of hydrogen-bond donors (Lipinski definition) is 6. The highest BCUT2D eigenvalue weighted by Gasteiger charge is 2.22. The zero-order valence-electron chi connectivity index (χ0n) is 29.9. The monoisotopic (exact) mass is 929 g/mol. The second kappa shape index (κ2) is 19.9. The van der Waals surface area contributed by atoms with Gasteiger partial charge in [0.05, 0.1) is 57.6 Å². The van der Waals surface area contributed by atoms with E-state index in [1.807, 2.05) is 0 Å². The van der Waals surface area contributed by atoms with Crippen molar-refractivity contribution in [2.45, 2.75) is 26.1 Å². The molecular formula is C32H29N6O17S5+. The standard InChI is InChI=1S/C32H28N6O17S5/c33-25-9-8-23-24(29(25)36-34-20-3-6-22(7-4-20)58(43,44)15-14-52-60(48,49)50)17-27(57-55-53-42)30(31(23)39)37-35-26-10-5-21(16-28(26)59(45,46)47)56-54-51-13-12-38-11-1-2-19(18-38)32(40)41/h1-11,16-18H,12-15H2,(H6-,33,34,35,39,40,41,42,45,46,47,48,49,50)/p+1. The normalized spacial score (nSPS) is 12.5. The highest BCUT2D eigenvalue weighted by atomic mass is 32.3. The van der Waals surface area contributed by atoms with E-state index in [-0.39, 0.29) is 72.6 Å². The largest absolute Gasteiger partial charge is 0.505 e. The maximum atomic E-state index is 12.5. The molecule has 5 rings (SSSR count). The van der Waals surface area contributed by atoms with E-state index in [2.05, 4.69) is 34.0 Å². The van der Waals surface area contributed by atoms with Gasteiger partial charge in [0.25, 0.3) is 10.1 Å². The van der Waals surface area contributed by atoms with E-state index in [4.69, 9.17) is 29.9 Å². The van der Waals surface area contributed by atoms with E-state index in [0.717, 1.165) is 6.07 Å². The van der Waals surface area contributed by atoms with Crippen LogP contribution in [0.4, 0.5) is 28.4 Å². The number of benzene rings is 4. The predicted octanol–water partition coefficient (Wildman–Crippen LogP) is 5.87. The number of rotatable bonds is 20. The van der Waals surface area contributed by atoms with Crippen LogP contribution in [0, 0.1) is 0 Å². The van der Waals surface area contributed by atoms with Crippen molar-refractivity contribution in [1.82, 2.24) is 0 Å². The van der Waals surface area contributed by atoms with Crippen LogP contribution in [-0.2, 0) is 59.7 Å². The molecule has 0 spiro atoms. The molecule has 318 valence electrons. The average molecular weight is 930 g/mol. The van der Waals surface area contributed by atoms with Crippen molar-refractivity contribution in [2.24, 2.45) is 20.5 Å². The predicted molar refractivity (Wildman–Crippen MR) is 208 cm³/mol. The summed E-state index contributed by atoms with van der Waals surface area (Å²) in [6.07, 6.45) is 3.01. The third kappa shape index (κ3) is 12.4. The lowest BCUT2D eigenvalue weighted by molar-refractivity contribution is -0.700. The lowest BCUT2D eigenvalue weighted by atomic mass is 10.1. The molecule has 7 N–H and O–H groups in total. The SMILES string of the molecule is Nc1ccc2c(O)c(N=Nc3ccc(SOOCC[n+]4cccc(C(=O)O)c4)cc3S(=O)(=O)O)c(SOOO)cc2c1N=Nc1ccc(S(=O)(=O)CCOS(=O)(=O)O)cc1. The third-order valence-electron chi connectivity index (χ3n) is 7.62. The molecule has 1 heterocycles. The number of aromatic carboxylic acids is 1. The lowest BCUT2D eigenvalue weighted by Gasteiger charge is -2.12. The van der Waals surface area contributed by atoms with Gasteiger partial charge < -0.3 is 15.9 Å². The summed E-state index contributed by atoms with van der Waals surface area (Å²) in [5.41, 5.74) is 5.72. The number of anilines is 1. The molecule has 0 fully saturated rings. The molecule has 0 aliphatic carbocycles. The molecule has 23 nitrogen and oxygen atoms in total. The van der Waals surface area contributed by atoms with Crippen LogP contribution in [0.15, 0.2) is 125 Å². The summed E-state index contributed by atoms with van der Waals surface area (Å²) in [5.74, 6) is -2.43. The summed E-state index contributed by atoms with van der Waals surface area (Å²) < 4.78 is 105. The average Bonchev–Trinajstić information content (AvgIpc) is 3.18. The van der Waals surface area contributed by atoms with E-state index in [9.17, 15) is 39.7 Å². The van der Waals surface area contributed by atoms with Crippen LogP contribution in [0.1, 0.15) is 10.4 Å². The number of azo groups is 2. The van der Waals surface area contributed by atoms with Crippen molar-refractivity contribution >= 4 is 99.6 Å². The summed E-state index contributed by atoms with van der Waals surface area (Å²) in [7, 11) is -13.8. The van der Waals surface area contributed by atoms with Gasteiger partial charge >= 0.3 is 16.4 Å². The Morgan fingerprint density at radius 3 is 2.23 bits per heavy atom. The molecule has 0 atom stereocenters. The van der Waals surface area contributed by atoms with Gasteiger partial charge in [-0.25, -0.2) is 32.1 Å². The number of phenols is 1. The number of nitrogen functional groups attached to an aromatic ring is 1. The molecular weight excluding hydrogens is 901 g/mol. The number of phenolic OH excluding ortho intramolecular Hbond substituents is 1. The maximum absolute atomic E-state index is 12.5. The topological polar surface area (TPSA) is 346 Å². The molecule has 0 radical (unpaired) electrons. The van der Waals surface area contributed by atoms with Gasteiger partial charge in [-0.3, -0.25) is 9.11 Å². The minimum Gasteiger partial charge on any atom is -0.505 e. The summed E-state index contributed by atoms with van der Waals surface area (Å²) in [6.45, 7) is -0.636. The van der Waals surface area contributed by atoms with Crippen molar-refractivity contribution in [3.8, 4) is 5.75 Å². The van der Waals surface area contributed by atoms with Crippen molar-refractivity contribution in [3.05, 3.63) is 90.8 Å². The molecule has 0 unspecified atom stereocenters. The number of carboxylic acids is 1. The zero-order valence-corrected chi connectivity index (χ0v) is 34.0. The Hall–Kier alpha value is -5.21. The molecule has 1 aromatic heterocycles. The summed E-state index contributed by atoms with van der Waals surface area (Å²) in [6, 6.07) is 15.5. The minimum atomic E-state index is -4.93. The van der Waals surface area contributed by atoms with E-state index in [1.54, 1.807) is 16.8 Å². The first-order valence-electron chi connectivity index (χ1n) is 16.2. The number of sulfone groups is 1. The Labute approximate surface area is 347 Å². The van der Waals surface area contributed by atoms with Crippen LogP contribution in [0.25, 0.3) is 10.8 Å². The number of carbonyl (C=O) groups is 1. The van der Waals surface area contributed by atoms with Gasteiger partial charge in [-0.05, 0) is 66.7 Å². The van der Waals surface area contributed by atoms with Gasteiger partial charge in [-0.2, -0.15) is 26.3 Å². The number of aromatic hydroxyl groups is 1. The molecule has 4 aromatic carbocycles. The highest BCUT2D eigenvalue weighted by Crippen LogP contribution is 2.48. The summed E-state index contributed by atoms with van der Waals surface area (Å²) in [4.78, 5) is 15.4. The quantitative estimate of drug-likeness (QED) is 0.00776. The number of pyridine rings is 1. The Kier molecular flexibility index (Phi) is 15.2. The van der Waals surface area contributed by atoms with Crippen LogP contribution < -0.4 is 10.3 Å². The lowest BCUT2D eigenvalue weighted by Crippen LogP contribution is -2.36. The first-order valence-corrected chi connectivity index (χ1v) is 22.1. The zero-order chi connectivity index (χ0) is 43.7. The molecule has 0 aliphatic heterocycles. The Morgan fingerprint density at radius 2 is 1.55 bits per heavy atom. The summed E-state index contributed by atoms with van der Waals surface area (Å²) >= 11 is 0.928. The highest BCUT2D eigenvalue weighted by molar-refractivity contribution is 7.95. The molecule has 0 bridgehead atoms. The number of nitrogens with zero attached hydrogens (tertiary/aromatic N) is 5. The van der Waals surface area contributed by atoms with Crippen molar-refractivity contribution in [2.75, 3.05) is 24.7 Å². The molecule has 60 heavy (non-hydrogen) atoms. The Balaban J connectivity index is 1.37. The van der Waals surface area contributed by atoms with Crippen LogP contribution in [-0.4, -0.2) is 74.8 Å². The van der Waals surface area contributed by atoms with Gasteiger partial charge in [0.15, 0.2) is 34.5 Å². The molecule has 28 heteroatoms. The smallest absolute Gasteiger partial charge is 0.397 e. The third-order valence-corrected chi connectivity index (χ3v) is 11.9. The molecule has 0 saturated heterocycles. The fraction of sp³-hybridized carbons (Fsp3) is 0.125. The van der Waals surface area contributed by atoms with E-state index >= 15 is 0 Å². The van der Waals surface area contributed by atoms with Crippen molar-refractivity contribution in [1.29, 1.82) is 0 Å². The second-order valence-corrected chi connectivity index (χ2v) is 17.7. The van der Waals surface area contributed by atoms with Crippen molar-refractivity contribution < 1.29 is 82.0 Å². The van der Waals surface area contributed by atoms with Gasteiger partial charge in [-0.1, -0.05) is 5.04 Å². The number of fused-ring (bicyclic) bond motifs is 1. The molecule has 5 aromatic rings. The number of nitrogens with two attached hydrogens (primary N) is 1. The first-order chi connectivity index (χ1) is 28.4. The van der Waals surface area contributed by atoms with Gasteiger partial charge in [0.1, 0.15) is 34.1 Å². The Bertz CT molecular complexity index is 2790. The van der Waals surface area contributed by atoms with Crippen molar-refractivity contribution in [3.63, 3.8) is 0 Å². The van der Waals surface area contributed by atoms with E-state index in [0.29, 0.717) is 24.1 Å². The number of aromatic nitrogens is 1. The fourth-order valence-electron chi connectivity index (χ4n) is 4.91. The van der Waals surface area contributed by atoms with Crippen LogP contribution >= 0.6 is 24.1 Å². The fourth-order valence-corrected chi connectivity index (χ4v) is 8.09. The van der Waals surface area contributed by atoms with Gasteiger partial charge in [0, 0.05) is 21.7 Å². The van der Waals surface area contributed by atoms with E-state index in [1.165, 1.54) is 66.9 Å². The molecule has 0 aliphatic rings. The number of carboxylic acid groups (broad SMARTS) is 1. The van der Waals surface area contributed by atoms with E-state index < -0.39 is 59.3 Å². The minimum absolute atomic E-state index is 0.00351. The first kappa shape index (κ1) is 45.9. The number of hydrogen-bond acceptors (Lipinski definition) is 21. The van der Waals surface area contributed by atoms with Gasteiger partial charge in [0.2, 0.25) is 0 Å². The Morgan fingerprint density at radius 1 is 0.817 bits per heavy atom. The van der Waals surface area contributed by atoms with Gasteiger partial charge in [-0.15, -0.1) is 19.7 Å². The van der Waals surface area contributed by atoms with Crippen LogP contribution in [0.2, 0.25) is 0 Å².